The Balaban J connectivity index is 3.13. The molecule has 0 unspecified atom stereocenters. The molecular weight excluding hydrogens is 486 g/mol. The van der Waals surface area contributed by atoms with Crippen LogP contribution in [0.25, 0.3) is 0 Å². The van der Waals surface area contributed by atoms with Gasteiger partial charge in [0.15, 0.2) is 11.5 Å². The lowest BCUT2D eigenvalue weighted by molar-refractivity contribution is 0.0298. The van der Waals surface area contributed by atoms with Gasteiger partial charge in [0.1, 0.15) is 5.60 Å². The maximum Gasteiger partial charge on any atom is 0.407 e. The number of rotatable bonds is 17. The zero-order valence-electron chi connectivity index (χ0n) is 25.1. The fraction of sp³-hybridized carbons (Fsp3) is 0.767. The van der Waals surface area contributed by atoms with Crippen LogP contribution in [0.4, 0.5) is 4.79 Å². The molecular formula is C30H53NO7. The second-order valence-electron chi connectivity index (χ2n) is 11.9. The summed E-state index contributed by atoms with van der Waals surface area (Å²) in [7, 11) is 3.29. The van der Waals surface area contributed by atoms with E-state index in [0.29, 0.717) is 37.6 Å². The smallest absolute Gasteiger partial charge is 0.407 e. The van der Waals surface area contributed by atoms with Gasteiger partial charge in [0.05, 0.1) is 25.9 Å². The molecule has 8 heteroatoms. The lowest BCUT2D eigenvalue weighted by Crippen LogP contribution is -2.48. The molecule has 0 aliphatic rings. The molecule has 0 spiro atoms. The summed E-state index contributed by atoms with van der Waals surface area (Å²) >= 11 is 0. The van der Waals surface area contributed by atoms with Gasteiger partial charge in [0, 0.05) is 26.7 Å². The molecule has 0 heterocycles. The van der Waals surface area contributed by atoms with Crippen LogP contribution in [0.2, 0.25) is 0 Å². The van der Waals surface area contributed by atoms with Crippen molar-refractivity contribution >= 4 is 6.09 Å². The van der Waals surface area contributed by atoms with E-state index < -0.39 is 23.8 Å². The zero-order chi connectivity index (χ0) is 28.9. The predicted octanol–water partition coefficient (Wildman–Crippen LogP) is 5.22. The lowest BCUT2D eigenvalue weighted by atomic mass is 9.81. The number of hydrogen-bond donors (Lipinski definition) is 3. The summed E-state index contributed by atoms with van der Waals surface area (Å²) in [6, 6.07) is 5.43. The van der Waals surface area contributed by atoms with E-state index in [1.54, 1.807) is 14.2 Å². The number of amides is 1. The number of nitrogens with one attached hydrogen (secondary N) is 1. The summed E-state index contributed by atoms with van der Waals surface area (Å²) < 4.78 is 22.1. The lowest BCUT2D eigenvalue weighted by Gasteiger charge is -2.33. The topological polar surface area (TPSA) is 106 Å². The van der Waals surface area contributed by atoms with Crippen molar-refractivity contribution in [2.45, 2.75) is 91.9 Å². The summed E-state index contributed by atoms with van der Waals surface area (Å²) in [6.07, 6.45) is 1.10. The molecule has 8 nitrogen and oxygen atoms in total. The van der Waals surface area contributed by atoms with Crippen molar-refractivity contribution in [3.8, 4) is 11.5 Å². The molecule has 0 fully saturated rings. The molecule has 38 heavy (non-hydrogen) atoms. The van der Waals surface area contributed by atoms with Gasteiger partial charge in [-0.2, -0.15) is 0 Å². The maximum absolute atomic E-state index is 12.7. The minimum atomic E-state index is -0.820. The second-order valence-corrected chi connectivity index (χ2v) is 11.9. The monoisotopic (exact) mass is 539 g/mol. The number of hydrogen-bond acceptors (Lipinski definition) is 7. The fourth-order valence-electron chi connectivity index (χ4n) is 4.37. The van der Waals surface area contributed by atoms with Gasteiger partial charge in [0.2, 0.25) is 0 Å². The van der Waals surface area contributed by atoms with Crippen molar-refractivity contribution in [1.29, 1.82) is 0 Å². The molecule has 0 bridgehead atoms. The van der Waals surface area contributed by atoms with E-state index in [1.807, 2.05) is 52.8 Å². The van der Waals surface area contributed by atoms with E-state index in [9.17, 15) is 15.0 Å². The van der Waals surface area contributed by atoms with Crippen LogP contribution in [-0.4, -0.2) is 68.1 Å². The highest BCUT2D eigenvalue weighted by atomic mass is 16.6. The number of carbonyl (C=O) groups is 1. The van der Waals surface area contributed by atoms with Crippen LogP contribution in [-0.2, 0) is 15.9 Å². The number of benzene rings is 1. The van der Waals surface area contributed by atoms with Crippen LogP contribution in [0.5, 0.6) is 11.5 Å². The Bertz CT molecular complexity index is 806. The Morgan fingerprint density at radius 3 is 2.16 bits per heavy atom. The molecule has 3 N–H and O–H groups in total. The second kappa shape index (κ2) is 16.8. The summed E-state index contributed by atoms with van der Waals surface area (Å²) in [5.74, 6) is 1.96. The number of methoxy groups -OCH3 is 2. The molecule has 0 saturated carbocycles. The van der Waals surface area contributed by atoms with Crippen molar-refractivity contribution in [2.75, 3.05) is 34.0 Å². The first-order valence-electron chi connectivity index (χ1n) is 13.9. The van der Waals surface area contributed by atoms with E-state index >= 15 is 0 Å². The van der Waals surface area contributed by atoms with Crippen molar-refractivity contribution < 1.29 is 34.0 Å². The van der Waals surface area contributed by atoms with Crippen LogP contribution in [0.1, 0.15) is 73.3 Å². The first kappa shape index (κ1) is 34.0. The molecule has 0 saturated heterocycles. The van der Waals surface area contributed by atoms with Gasteiger partial charge in [-0.05, 0) is 81.4 Å². The predicted molar refractivity (Wildman–Crippen MR) is 151 cm³/mol. The Morgan fingerprint density at radius 2 is 1.63 bits per heavy atom. The third-order valence-electron chi connectivity index (χ3n) is 6.86. The summed E-state index contributed by atoms with van der Waals surface area (Å²) in [6.45, 7) is 14.9. The van der Waals surface area contributed by atoms with Crippen LogP contribution in [0.15, 0.2) is 18.2 Å². The van der Waals surface area contributed by atoms with Crippen molar-refractivity contribution in [2.24, 2.45) is 23.7 Å². The van der Waals surface area contributed by atoms with Crippen molar-refractivity contribution in [3.05, 3.63) is 23.8 Å². The number of carbonyl (C=O) groups excluding carboxylic acids is 1. The molecule has 220 valence electrons. The molecule has 1 aromatic carbocycles. The maximum atomic E-state index is 12.7. The quantitative estimate of drug-likeness (QED) is 0.233. The highest BCUT2D eigenvalue weighted by Gasteiger charge is 2.31. The third kappa shape index (κ3) is 12.7. The van der Waals surface area contributed by atoms with E-state index in [1.165, 1.54) is 0 Å². The molecule has 1 rings (SSSR count). The average molecular weight is 540 g/mol. The molecule has 4 atom stereocenters. The Kier molecular flexibility index (Phi) is 15.1. The highest BCUT2D eigenvalue weighted by Crippen LogP contribution is 2.32. The summed E-state index contributed by atoms with van der Waals surface area (Å²) in [5.41, 5.74) is 0.442. The van der Waals surface area contributed by atoms with Gasteiger partial charge in [-0.3, -0.25) is 0 Å². The van der Waals surface area contributed by atoms with Crippen LogP contribution >= 0.6 is 0 Å². The van der Waals surface area contributed by atoms with E-state index in [2.05, 4.69) is 19.2 Å². The van der Waals surface area contributed by atoms with Crippen LogP contribution in [0.3, 0.4) is 0 Å². The Hall–Kier alpha value is -2.03. The van der Waals surface area contributed by atoms with Gasteiger partial charge in [-0.1, -0.05) is 33.8 Å². The number of ether oxygens (including phenoxy) is 4. The summed E-state index contributed by atoms with van der Waals surface area (Å²) in [5, 5.41) is 24.0. The van der Waals surface area contributed by atoms with Gasteiger partial charge >= 0.3 is 6.09 Å². The number of aliphatic hydroxyl groups is 2. The summed E-state index contributed by atoms with van der Waals surface area (Å²) in [4.78, 5) is 12.7. The first-order valence-corrected chi connectivity index (χ1v) is 13.9. The molecule has 1 aromatic rings. The molecule has 0 aliphatic carbocycles. The zero-order valence-corrected chi connectivity index (χ0v) is 25.1. The van der Waals surface area contributed by atoms with Crippen molar-refractivity contribution in [1.82, 2.24) is 5.32 Å². The highest BCUT2D eigenvalue weighted by molar-refractivity contribution is 5.68. The normalized spacial score (nSPS) is 15.2. The minimum absolute atomic E-state index is 0.0134. The fourth-order valence-corrected chi connectivity index (χ4v) is 4.37. The Morgan fingerprint density at radius 1 is 0.974 bits per heavy atom. The molecule has 0 aliphatic heterocycles. The largest absolute Gasteiger partial charge is 0.493 e. The van der Waals surface area contributed by atoms with Gasteiger partial charge in [-0.25, -0.2) is 4.79 Å². The molecule has 1 amide bonds. The Labute approximate surface area is 230 Å². The van der Waals surface area contributed by atoms with Crippen LogP contribution in [0, 0.1) is 23.7 Å². The standard InChI is InChI=1S/C30H53NO7/c1-20(2)23(15-22-11-12-27(36-9)28(16-22)37-14-10-13-35-8)17-25(31-29(34)38-30(5,6)7)26(33)18-24(19-32)21(3)4/h11-12,16,20-21,23-26,32-33H,10,13-15,17-19H2,1-9H3,(H,31,34)/t23-,24-,25-,26-/m0/s1. The minimum Gasteiger partial charge on any atom is -0.493 e. The van der Waals surface area contributed by atoms with Gasteiger partial charge in [-0.15, -0.1) is 0 Å². The average Bonchev–Trinajstić information content (AvgIpc) is 2.82. The SMILES string of the molecule is COCCCOc1cc(C[C@@H](C[C@H](NC(=O)OC(C)(C)C)[C@@H](O)C[C@@H](CO)C(C)C)C(C)C)ccc1OC. The third-order valence-corrected chi connectivity index (χ3v) is 6.86. The van der Waals surface area contributed by atoms with E-state index in [0.717, 1.165) is 18.4 Å². The van der Waals surface area contributed by atoms with E-state index in [4.69, 9.17) is 18.9 Å². The van der Waals surface area contributed by atoms with E-state index in [-0.39, 0.29) is 30.3 Å². The van der Waals surface area contributed by atoms with Gasteiger partial charge < -0.3 is 34.5 Å². The molecule has 0 aromatic heterocycles. The van der Waals surface area contributed by atoms with Crippen LogP contribution < -0.4 is 14.8 Å². The number of aliphatic hydroxyl groups excluding tert-OH is 2. The first-order chi connectivity index (χ1) is 17.8. The number of alkyl carbamates (subject to hydrolysis) is 1. The van der Waals surface area contributed by atoms with Gasteiger partial charge in [0.25, 0.3) is 0 Å². The van der Waals surface area contributed by atoms with Crippen molar-refractivity contribution in [3.63, 3.8) is 0 Å². The molecule has 0 radical (unpaired) electrons.